The van der Waals surface area contributed by atoms with Crippen LogP contribution in [-0.2, 0) is 11.2 Å². The number of aromatic nitrogens is 1. The van der Waals surface area contributed by atoms with Gasteiger partial charge in [0.05, 0.1) is 11.5 Å². The first-order valence-electron chi connectivity index (χ1n) is 10.9. The molecular weight excluding hydrogens is 412 g/mol. The number of likely N-dealkylation sites (tertiary alicyclic amines) is 1. The monoisotopic (exact) mass is 440 g/mol. The van der Waals surface area contributed by atoms with Gasteiger partial charge in [0.2, 0.25) is 11.7 Å². The minimum atomic E-state index is -0.589. The number of Topliss-reactive ketones (excluding diaryl/α,β-unsaturated/α-hetero) is 1. The van der Waals surface area contributed by atoms with E-state index < -0.39 is 5.41 Å². The van der Waals surface area contributed by atoms with E-state index in [0.29, 0.717) is 11.6 Å². The van der Waals surface area contributed by atoms with E-state index in [0.717, 1.165) is 62.7 Å². The summed E-state index contributed by atoms with van der Waals surface area (Å²) in [5.74, 6) is 0.0738. The van der Waals surface area contributed by atoms with Crippen LogP contribution < -0.4 is 0 Å². The summed E-state index contributed by atoms with van der Waals surface area (Å²) in [4.78, 5) is 33.8. The van der Waals surface area contributed by atoms with Crippen molar-refractivity contribution in [3.8, 4) is 0 Å². The molecule has 1 amide bonds. The predicted molar refractivity (Wildman–Crippen MR) is 124 cm³/mol. The largest absolute Gasteiger partial charge is 0.331 e. The quantitative estimate of drug-likeness (QED) is 0.435. The Morgan fingerprint density at radius 2 is 1.90 bits per heavy atom. The molecule has 1 aromatic heterocycles. The fraction of sp³-hybridized carbons (Fsp3) is 0.500. The Morgan fingerprint density at radius 3 is 2.60 bits per heavy atom. The lowest BCUT2D eigenvalue weighted by molar-refractivity contribution is -0.140. The van der Waals surface area contributed by atoms with Crippen LogP contribution >= 0.6 is 23.6 Å². The van der Waals surface area contributed by atoms with Crippen LogP contribution in [0.15, 0.2) is 41.9 Å². The number of carbonyl (C=O) groups excluding carboxylic acids is 2. The fourth-order valence-electron chi connectivity index (χ4n) is 4.95. The zero-order chi connectivity index (χ0) is 21.0. The molecule has 2 fully saturated rings. The summed E-state index contributed by atoms with van der Waals surface area (Å²) in [5, 5.41) is 2.32. The SMILES string of the molecule is O=C(c1nccs1)[C@@H]1CCCN1C(=O)C1(C(=S)CCc2ccccc2)CCCCC1. The third kappa shape index (κ3) is 4.26. The first-order chi connectivity index (χ1) is 14.6. The number of rotatable bonds is 7. The van der Waals surface area contributed by atoms with Gasteiger partial charge in [-0.3, -0.25) is 9.59 Å². The lowest BCUT2D eigenvalue weighted by atomic mass is 9.69. The van der Waals surface area contributed by atoms with Crippen molar-refractivity contribution in [2.75, 3.05) is 6.54 Å². The summed E-state index contributed by atoms with van der Waals surface area (Å²) >= 11 is 7.29. The second-order valence-electron chi connectivity index (χ2n) is 8.41. The third-order valence-electron chi connectivity index (χ3n) is 6.59. The Balaban J connectivity index is 1.54. The van der Waals surface area contributed by atoms with Gasteiger partial charge in [-0.05, 0) is 44.1 Å². The lowest BCUT2D eigenvalue weighted by Crippen LogP contribution is -2.52. The average molecular weight is 441 g/mol. The highest BCUT2D eigenvalue weighted by Crippen LogP contribution is 2.42. The van der Waals surface area contributed by atoms with Crippen molar-refractivity contribution in [1.29, 1.82) is 0 Å². The number of hydrogen-bond acceptors (Lipinski definition) is 5. The van der Waals surface area contributed by atoms with E-state index in [2.05, 4.69) is 17.1 Å². The van der Waals surface area contributed by atoms with Crippen molar-refractivity contribution in [3.63, 3.8) is 0 Å². The van der Waals surface area contributed by atoms with Gasteiger partial charge in [0, 0.05) is 23.0 Å². The van der Waals surface area contributed by atoms with E-state index in [1.54, 1.807) is 6.20 Å². The molecule has 1 aliphatic carbocycles. The Labute approximate surface area is 187 Å². The van der Waals surface area contributed by atoms with Crippen molar-refractivity contribution < 1.29 is 9.59 Å². The van der Waals surface area contributed by atoms with Gasteiger partial charge in [0.25, 0.3) is 0 Å². The van der Waals surface area contributed by atoms with Gasteiger partial charge >= 0.3 is 0 Å². The summed E-state index contributed by atoms with van der Waals surface area (Å²) in [6.07, 6.45) is 9.66. The van der Waals surface area contributed by atoms with Gasteiger partial charge in [-0.1, -0.05) is 61.8 Å². The Hall–Kier alpha value is -1.92. The van der Waals surface area contributed by atoms with Crippen molar-refractivity contribution in [2.24, 2.45) is 5.41 Å². The van der Waals surface area contributed by atoms with Crippen LogP contribution in [-0.4, -0.2) is 39.0 Å². The minimum Gasteiger partial charge on any atom is -0.331 e. The van der Waals surface area contributed by atoms with Crippen molar-refractivity contribution in [1.82, 2.24) is 9.88 Å². The number of nitrogens with zero attached hydrogens (tertiary/aromatic N) is 2. The maximum atomic E-state index is 13.9. The first kappa shape index (κ1) is 21.3. The zero-order valence-corrected chi connectivity index (χ0v) is 18.9. The van der Waals surface area contributed by atoms with Crippen LogP contribution in [0.2, 0.25) is 0 Å². The van der Waals surface area contributed by atoms with E-state index in [-0.39, 0.29) is 17.7 Å². The van der Waals surface area contributed by atoms with Gasteiger partial charge in [-0.25, -0.2) is 4.98 Å². The Kier molecular flexibility index (Phi) is 6.74. The molecule has 4 rings (SSSR count). The third-order valence-corrected chi connectivity index (χ3v) is 7.98. The number of aryl methyl sites for hydroxylation is 1. The highest BCUT2D eigenvalue weighted by Gasteiger charge is 2.48. The standard InChI is InChI=1S/C24H28N2O2S2/c27-21(22-25-15-17-30-22)19-10-7-16-26(19)23(28)24(13-5-2-6-14-24)20(29)12-11-18-8-3-1-4-9-18/h1,3-4,8-9,15,17,19H,2,5-7,10-14,16H2/t19-/m0/s1. The molecule has 1 atom stereocenters. The van der Waals surface area contributed by atoms with Crippen LogP contribution in [0, 0.1) is 5.41 Å². The zero-order valence-electron chi connectivity index (χ0n) is 17.2. The second kappa shape index (κ2) is 9.48. The number of amides is 1. The van der Waals surface area contributed by atoms with Gasteiger partial charge in [-0.15, -0.1) is 11.3 Å². The van der Waals surface area contributed by atoms with Gasteiger partial charge in [-0.2, -0.15) is 0 Å². The lowest BCUT2D eigenvalue weighted by Gasteiger charge is -2.40. The summed E-state index contributed by atoms with van der Waals surface area (Å²) in [6.45, 7) is 0.643. The maximum absolute atomic E-state index is 13.9. The number of thiocarbonyl (C=S) groups is 1. The number of thiazole rings is 1. The van der Waals surface area contributed by atoms with E-state index in [1.807, 2.05) is 28.5 Å². The highest BCUT2D eigenvalue weighted by molar-refractivity contribution is 7.80. The number of carbonyl (C=O) groups is 2. The fourth-order valence-corrected chi connectivity index (χ4v) is 5.97. The van der Waals surface area contributed by atoms with Crippen molar-refractivity contribution in [3.05, 3.63) is 52.5 Å². The molecule has 4 nitrogen and oxygen atoms in total. The van der Waals surface area contributed by atoms with Gasteiger partial charge in [0.15, 0.2) is 5.01 Å². The molecule has 158 valence electrons. The molecule has 0 bridgehead atoms. The number of ketones is 1. The first-order valence-corrected chi connectivity index (χ1v) is 12.2. The molecule has 0 radical (unpaired) electrons. The second-order valence-corrected chi connectivity index (χ2v) is 9.80. The van der Waals surface area contributed by atoms with Crippen LogP contribution in [0.3, 0.4) is 0 Å². The highest BCUT2D eigenvalue weighted by atomic mass is 32.1. The topological polar surface area (TPSA) is 50.3 Å². The van der Waals surface area contributed by atoms with Crippen molar-refractivity contribution >= 4 is 40.1 Å². The minimum absolute atomic E-state index is 0.0167. The predicted octanol–water partition coefficient (Wildman–Crippen LogP) is 5.27. The maximum Gasteiger partial charge on any atom is 0.234 e. The van der Waals surface area contributed by atoms with E-state index in [4.69, 9.17) is 12.2 Å². The molecular formula is C24H28N2O2S2. The molecule has 1 saturated carbocycles. The Bertz CT molecular complexity index is 889. The van der Waals surface area contributed by atoms with E-state index >= 15 is 0 Å². The average Bonchev–Trinajstić information content (AvgIpc) is 3.50. The molecule has 2 aliphatic rings. The molecule has 2 heterocycles. The molecule has 2 aromatic rings. The molecule has 0 unspecified atom stereocenters. The van der Waals surface area contributed by atoms with Gasteiger partial charge in [0.1, 0.15) is 0 Å². The van der Waals surface area contributed by atoms with Crippen LogP contribution in [0.25, 0.3) is 0 Å². The summed E-state index contributed by atoms with van der Waals surface area (Å²) in [5.41, 5.74) is 0.657. The molecule has 1 saturated heterocycles. The molecule has 1 aliphatic heterocycles. The molecule has 6 heteroatoms. The normalized spacial score (nSPS) is 20.8. The smallest absolute Gasteiger partial charge is 0.234 e. The van der Waals surface area contributed by atoms with Gasteiger partial charge < -0.3 is 4.90 Å². The van der Waals surface area contributed by atoms with Crippen molar-refractivity contribution in [2.45, 2.75) is 63.8 Å². The van der Waals surface area contributed by atoms with Crippen LogP contribution in [0.1, 0.15) is 66.7 Å². The number of hydrogen-bond donors (Lipinski definition) is 0. The van der Waals surface area contributed by atoms with Crippen LogP contribution in [0.4, 0.5) is 0 Å². The molecule has 0 N–H and O–H groups in total. The Morgan fingerprint density at radius 1 is 1.13 bits per heavy atom. The van der Waals surface area contributed by atoms with E-state index in [9.17, 15) is 9.59 Å². The summed E-state index contributed by atoms with van der Waals surface area (Å²) in [7, 11) is 0. The number of benzene rings is 1. The summed E-state index contributed by atoms with van der Waals surface area (Å²) in [6, 6.07) is 9.93. The summed E-state index contributed by atoms with van der Waals surface area (Å²) < 4.78 is 0. The molecule has 30 heavy (non-hydrogen) atoms. The van der Waals surface area contributed by atoms with Crippen LogP contribution in [0.5, 0.6) is 0 Å². The molecule has 0 spiro atoms. The molecule has 1 aromatic carbocycles. The van der Waals surface area contributed by atoms with E-state index in [1.165, 1.54) is 16.9 Å².